The number of carbonyl (C=O) groups excluding carboxylic acids is 1. The van der Waals surface area contributed by atoms with E-state index in [9.17, 15) is 4.79 Å². The molecule has 150 valence electrons. The highest BCUT2D eigenvalue weighted by molar-refractivity contribution is 7.21. The Morgan fingerprint density at radius 3 is 2.41 bits per heavy atom. The van der Waals surface area contributed by atoms with Gasteiger partial charge >= 0.3 is 0 Å². The van der Waals surface area contributed by atoms with Gasteiger partial charge in [-0.25, -0.2) is 15.0 Å². The molecule has 29 heavy (non-hydrogen) atoms. The SMILES string of the molecule is O=C(C1CCN(c2nc3cccnc3s2)CC1)N1CCN(c2ccccn2)CC1. The third kappa shape index (κ3) is 3.76. The monoisotopic (exact) mass is 408 g/mol. The second kappa shape index (κ2) is 7.94. The van der Waals surface area contributed by atoms with Crippen LogP contribution in [0.2, 0.25) is 0 Å². The van der Waals surface area contributed by atoms with E-state index in [4.69, 9.17) is 4.98 Å². The molecule has 0 N–H and O–H groups in total. The van der Waals surface area contributed by atoms with Gasteiger partial charge < -0.3 is 14.7 Å². The molecular weight excluding hydrogens is 384 g/mol. The topological polar surface area (TPSA) is 65.5 Å². The number of pyridine rings is 2. The van der Waals surface area contributed by atoms with Crippen LogP contribution >= 0.6 is 11.3 Å². The predicted molar refractivity (Wildman–Crippen MR) is 115 cm³/mol. The van der Waals surface area contributed by atoms with Crippen LogP contribution in [0.25, 0.3) is 10.3 Å². The van der Waals surface area contributed by atoms with Gasteiger partial charge in [0.05, 0.1) is 0 Å². The number of nitrogens with zero attached hydrogens (tertiary/aromatic N) is 6. The first-order chi connectivity index (χ1) is 14.3. The van der Waals surface area contributed by atoms with Crippen LogP contribution in [0.5, 0.6) is 0 Å². The Balaban J connectivity index is 1.15. The van der Waals surface area contributed by atoms with Crippen LogP contribution in [0, 0.1) is 5.92 Å². The van der Waals surface area contributed by atoms with Gasteiger partial charge in [-0.15, -0.1) is 0 Å². The molecule has 2 fully saturated rings. The van der Waals surface area contributed by atoms with Crippen molar-refractivity contribution in [3.05, 3.63) is 42.7 Å². The lowest BCUT2D eigenvalue weighted by atomic mass is 9.95. The molecule has 0 unspecified atom stereocenters. The van der Waals surface area contributed by atoms with Crippen molar-refractivity contribution >= 4 is 38.5 Å². The van der Waals surface area contributed by atoms with Crippen molar-refractivity contribution in [3.63, 3.8) is 0 Å². The van der Waals surface area contributed by atoms with Gasteiger partial charge in [0.15, 0.2) is 5.13 Å². The van der Waals surface area contributed by atoms with Gasteiger partial charge in [0, 0.05) is 57.6 Å². The number of rotatable bonds is 3. The third-order valence-corrected chi connectivity index (χ3v) is 6.87. The maximum atomic E-state index is 13.0. The van der Waals surface area contributed by atoms with Gasteiger partial charge in [-0.2, -0.15) is 0 Å². The molecule has 2 aliphatic heterocycles. The van der Waals surface area contributed by atoms with Gasteiger partial charge in [-0.3, -0.25) is 4.79 Å². The summed E-state index contributed by atoms with van der Waals surface area (Å²) in [6.45, 7) is 5.01. The maximum Gasteiger partial charge on any atom is 0.225 e. The predicted octanol–water partition coefficient (Wildman–Crippen LogP) is 2.65. The van der Waals surface area contributed by atoms with E-state index in [1.165, 1.54) is 0 Å². The molecule has 5 rings (SSSR count). The van der Waals surface area contributed by atoms with E-state index in [0.29, 0.717) is 5.91 Å². The van der Waals surface area contributed by atoms with E-state index < -0.39 is 0 Å². The van der Waals surface area contributed by atoms with Crippen molar-refractivity contribution in [1.29, 1.82) is 0 Å². The van der Waals surface area contributed by atoms with Gasteiger partial charge in [0.2, 0.25) is 5.91 Å². The summed E-state index contributed by atoms with van der Waals surface area (Å²) in [5.74, 6) is 1.44. The fraction of sp³-hybridized carbons (Fsp3) is 0.429. The number of anilines is 2. The molecule has 0 bridgehead atoms. The zero-order valence-corrected chi connectivity index (χ0v) is 17.1. The van der Waals surface area contributed by atoms with E-state index >= 15 is 0 Å². The minimum atomic E-state index is 0.125. The Bertz CT molecular complexity index is 944. The first-order valence-electron chi connectivity index (χ1n) is 10.2. The summed E-state index contributed by atoms with van der Waals surface area (Å²) < 4.78 is 0. The summed E-state index contributed by atoms with van der Waals surface area (Å²) in [6.07, 6.45) is 5.41. The Hall–Kier alpha value is -2.74. The van der Waals surface area contributed by atoms with Crippen LogP contribution < -0.4 is 9.80 Å². The molecule has 7 nitrogen and oxygen atoms in total. The second-order valence-electron chi connectivity index (χ2n) is 7.59. The van der Waals surface area contributed by atoms with Gasteiger partial charge in [0.1, 0.15) is 16.2 Å². The Morgan fingerprint density at radius 1 is 0.897 bits per heavy atom. The summed E-state index contributed by atoms with van der Waals surface area (Å²) in [5.41, 5.74) is 0.955. The molecule has 5 heterocycles. The van der Waals surface area contributed by atoms with Gasteiger partial charge in [0.25, 0.3) is 0 Å². The van der Waals surface area contributed by atoms with Crippen molar-refractivity contribution in [3.8, 4) is 0 Å². The number of amides is 1. The third-order valence-electron chi connectivity index (χ3n) is 5.83. The number of hydrogen-bond donors (Lipinski definition) is 0. The molecule has 8 heteroatoms. The molecule has 0 saturated carbocycles. The summed E-state index contributed by atoms with van der Waals surface area (Å²) in [5, 5.41) is 1.02. The van der Waals surface area contributed by atoms with Crippen molar-refractivity contribution in [1.82, 2.24) is 19.9 Å². The minimum absolute atomic E-state index is 0.125. The minimum Gasteiger partial charge on any atom is -0.353 e. The molecule has 0 spiro atoms. The number of fused-ring (bicyclic) bond motifs is 1. The van der Waals surface area contributed by atoms with Crippen LogP contribution in [-0.4, -0.2) is 65.0 Å². The molecule has 3 aromatic heterocycles. The second-order valence-corrected chi connectivity index (χ2v) is 8.54. The van der Waals surface area contributed by atoms with E-state index in [2.05, 4.69) is 19.8 Å². The zero-order chi connectivity index (χ0) is 19.6. The average molecular weight is 409 g/mol. The lowest BCUT2D eigenvalue weighted by Gasteiger charge is -2.39. The number of thiazole rings is 1. The molecule has 0 atom stereocenters. The van der Waals surface area contributed by atoms with Crippen LogP contribution in [0.3, 0.4) is 0 Å². The van der Waals surface area contributed by atoms with Crippen LogP contribution in [0.15, 0.2) is 42.7 Å². The number of hydrogen-bond acceptors (Lipinski definition) is 7. The number of piperazine rings is 1. The van der Waals surface area contributed by atoms with Crippen molar-refractivity contribution < 1.29 is 4.79 Å². The van der Waals surface area contributed by atoms with Gasteiger partial charge in [-0.05, 0) is 37.1 Å². The zero-order valence-electron chi connectivity index (χ0n) is 16.3. The first kappa shape index (κ1) is 18.3. The molecule has 3 aromatic rings. The standard InChI is InChI=1S/C21H24N6OS/c28-20(26-14-12-25(13-15-26)18-5-1-2-8-22-18)16-6-10-27(11-7-16)21-24-17-4-3-9-23-19(17)29-21/h1-5,8-9,16H,6-7,10-15H2. The highest BCUT2D eigenvalue weighted by Gasteiger charge is 2.31. The van der Waals surface area contributed by atoms with Crippen LogP contribution in [0.1, 0.15) is 12.8 Å². The van der Waals surface area contributed by atoms with Crippen LogP contribution in [-0.2, 0) is 4.79 Å². The Kier molecular flexibility index (Phi) is 5.01. The summed E-state index contributed by atoms with van der Waals surface area (Å²) in [4.78, 5) is 34.1. The Labute approximate surface area is 174 Å². The molecule has 2 aliphatic rings. The fourth-order valence-electron chi connectivity index (χ4n) is 4.17. The largest absolute Gasteiger partial charge is 0.353 e. The summed E-state index contributed by atoms with van der Waals surface area (Å²) in [7, 11) is 0. The number of aromatic nitrogens is 3. The average Bonchev–Trinajstić information content (AvgIpc) is 3.24. The van der Waals surface area contributed by atoms with Crippen molar-refractivity contribution in [2.24, 2.45) is 5.92 Å². The van der Waals surface area contributed by atoms with E-state index in [0.717, 1.165) is 73.4 Å². The van der Waals surface area contributed by atoms with E-state index in [1.54, 1.807) is 11.3 Å². The van der Waals surface area contributed by atoms with Crippen molar-refractivity contribution in [2.45, 2.75) is 12.8 Å². The van der Waals surface area contributed by atoms with E-state index in [1.807, 2.05) is 47.6 Å². The quantitative estimate of drug-likeness (QED) is 0.664. The highest BCUT2D eigenvalue weighted by Crippen LogP contribution is 2.31. The van der Waals surface area contributed by atoms with Crippen LogP contribution in [0.4, 0.5) is 10.9 Å². The molecule has 1 amide bonds. The summed E-state index contributed by atoms with van der Waals surface area (Å²) >= 11 is 1.64. The maximum absolute atomic E-state index is 13.0. The Morgan fingerprint density at radius 2 is 1.69 bits per heavy atom. The normalized spacial score (nSPS) is 18.4. The molecule has 0 aromatic carbocycles. The summed E-state index contributed by atoms with van der Waals surface area (Å²) in [6, 6.07) is 9.90. The van der Waals surface area contributed by atoms with Gasteiger partial charge in [-0.1, -0.05) is 17.4 Å². The number of carbonyl (C=O) groups is 1. The smallest absolute Gasteiger partial charge is 0.225 e. The molecule has 0 radical (unpaired) electrons. The number of piperidine rings is 1. The lowest BCUT2D eigenvalue weighted by molar-refractivity contribution is -0.136. The van der Waals surface area contributed by atoms with E-state index in [-0.39, 0.29) is 5.92 Å². The van der Waals surface area contributed by atoms with Crippen molar-refractivity contribution in [2.75, 3.05) is 49.1 Å². The molecule has 0 aliphatic carbocycles. The lowest BCUT2D eigenvalue weighted by Crippen LogP contribution is -2.51. The molecule has 2 saturated heterocycles. The molecular formula is C21H24N6OS. The fourth-order valence-corrected chi connectivity index (χ4v) is 5.13. The first-order valence-corrected chi connectivity index (χ1v) is 11.0. The highest BCUT2D eigenvalue weighted by atomic mass is 32.1.